The van der Waals surface area contributed by atoms with Crippen LogP contribution >= 0.6 is 7.82 Å². The molecule has 0 aromatic carbocycles. The number of esters is 1. The molecule has 0 radical (unpaired) electrons. The molecule has 0 unspecified atom stereocenters. The first-order valence-electron chi connectivity index (χ1n) is 8.11. The highest BCUT2D eigenvalue weighted by Crippen LogP contribution is 2.52. The molecular formula is C15H26NO8P. The number of carbonyl (C=O) groups is 2. The molecule has 2 heterocycles. The van der Waals surface area contributed by atoms with Crippen LogP contribution in [0.15, 0.2) is 0 Å². The van der Waals surface area contributed by atoms with Crippen molar-refractivity contribution in [1.29, 1.82) is 0 Å². The van der Waals surface area contributed by atoms with Crippen molar-refractivity contribution in [3.05, 3.63) is 0 Å². The third kappa shape index (κ3) is 5.41. The predicted octanol–water partition coefficient (Wildman–Crippen LogP) is 2.55. The summed E-state index contributed by atoms with van der Waals surface area (Å²) >= 11 is 0. The lowest BCUT2D eigenvalue weighted by Crippen LogP contribution is -2.61. The Morgan fingerprint density at radius 3 is 2.32 bits per heavy atom. The number of amides is 1. The highest BCUT2D eigenvalue weighted by molar-refractivity contribution is 7.48. The molecule has 0 saturated carbocycles. The number of hydrogen-bond acceptors (Lipinski definition) is 8. The number of phosphoric acid groups is 1. The van der Waals surface area contributed by atoms with Crippen LogP contribution in [0.2, 0.25) is 0 Å². The van der Waals surface area contributed by atoms with Gasteiger partial charge in [-0.05, 0) is 27.7 Å². The first-order chi connectivity index (χ1) is 11.4. The molecule has 0 aliphatic carbocycles. The maximum Gasteiger partial charge on any atom is 0.477 e. The molecule has 9 nitrogen and oxygen atoms in total. The summed E-state index contributed by atoms with van der Waals surface area (Å²) in [5, 5.41) is 0. The Bertz CT molecular complexity index is 554. The largest absolute Gasteiger partial charge is 0.477 e. The summed E-state index contributed by atoms with van der Waals surface area (Å²) in [5.41, 5.74) is -1.45. The average molecular weight is 379 g/mol. The second kappa shape index (κ2) is 7.23. The lowest BCUT2D eigenvalue weighted by molar-refractivity contribution is -0.172. The molecule has 0 N–H and O–H groups in total. The van der Waals surface area contributed by atoms with E-state index in [0.717, 1.165) is 0 Å². The monoisotopic (exact) mass is 379 g/mol. The topological polar surface area (TPSA) is 101 Å². The van der Waals surface area contributed by atoms with Crippen molar-refractivity contribution in [3.63, 3.8) is 0 Å². The number of likely N-dealkylation sites (tertiary alicyclic amines) is 1. The van der Waals surface area contributed by atoms with Crippen LogP contribution < -0.4 is 0 Å². The third-order valence-electron chi connectivity index (χ3n) is 3.66. The molecule has 2 aliphatic heterocycles. The van der Waals surface area contributed by atoms with Crippen LogP contribution in [-0.4, -0.2) is 55.7 Å². The zero-order valence-corrected chi connectivity index (χ0v) is 16.2. The summed E-state index contributed by atoms with van der Waals surface area (Å²) in [6, 6.07) is 0. The minimum absolute atomic E-state index is 0.126. The van der Waals surface area contributed by atoms with E-state index in [9.17, 15) is 14.2 Å². The number of nitrogens with zero attached hydrogens (tertiary/aromatic N) is 1. The summed E-state index contributed by atoms with van der Waals surface area (Å²) in [6.07, 6.45) is -0.475. The Kier molecular flexibility index (Phi) is 5.83. The maximum absolute atomic E-state index is 12.1. The van der Waals surface area contributed by atoms with Crippen LogP contribution in [0.25, 0.3) is 0 Å². The lowest BCUT2D eigenvalue weighted by Gasteiger charge is -2.45. The van der Waals surface area contributed by atoms with Crippen molar-refractivity contribution in [2.75, 3.05) is 33.1 Å². The van der Waals surface area contributed by atoms with Gasteiger partial charge in [0.05, 0.1) is 13.2 Å². The van der Waals surface area contributed by atoms with E-state index in [4.69, 9.17) is 23.0 Å². The third-order valence-corrected chi connectivity index (χ3v) is 5.01. The standard InChI is InChI=1S/C15H26NO8P/c1-11-6-21-25(19,22-7-11)23-10-20-12(17)15(5)8-16(9-15)13(18)24-14(2,3)4/h11H,6-10H2,1-5H3. The van der Waals surface area contributed by atoms with Gasteiger partial charge >= 0.3 is 19.9 Å². The number of hydrogen-bond donors (Lipinski definition) is 0. The normalized spacial score (nSPS) is 28.8. The molecule has 10 heteroatoms. The van der Waals surface area contributed by atoms with Crippen molar-refractivity contribution in [2.45, 2.75) is 40.2 Å². The van der Waals surface area contributed by atoms with Gasteiger partial charge in [0.15, 0.2) is 0 Å². The number of carbonyl (C=O) groups excluding carboxylic acids is 2. The highest BCUT2D eigenvalue weighted by atomic mass is 31.2. The smallest absolute Gasteiger partial charge is 0.444 e. The first-order valence-corrected chi connectivity index (χ1v) is 9.57. The highest BCUT2D eigenvalue weighted by Gasteiger charge is 2.49. The molecule has 144 valence electrons. The van der Waals surface area contributed by atoms with Gasteiger partial charge in [0, 0.05) is 19.0 Å². The van der Waals surface area contributed by atoms with E-state index >= 15 is 0 Å². The van der Waals surface area contributed by atoms with Crippen molar-refractivity contribution in [2.24, 2.45) is 11.3 Å². The van der Waals surface area contributed by atoms with Crippen LogP contribution in [0.4, 0.5) is 4.79 Å². The fourth-order valence-corrected chi connectivity index (χ4v) is 3.58. The van der Waals surface area contributed by atoms with Crippen molar-refractivity contribution < 1.29 is 37.2 Å². The van der Waals surface area contributed by atoms with Crippen LogP contribution in [0.5, 0.6) is 0 Å². The molecule has 2 rings (SSSR count). The summed E-state index contributed by atoms with van der Waals surface area (Å²) in [4.78, 5) is 25.5. The second-order valence-corrected chi connectivity index (χ2v) is 9.39. The summed E-state index contributed by atoms with van der Waals surface area (Å²) in [7, 11) is -3.66. The van der Waals surface area contributed by atoms with Crippen molar-refractivity contribution in [3.8, 4) is 0 Å². The van der Waals surface area contributed by atoms with Gasteiger partial charge in [0.25, 0.3) is 0 Å². The van der Waals surface area contributed by atoms with Crippen LogP contribution in [0.1, 0.15) is 34.6 Å². The molecule has 2 saturated heterocycles. The molecule has 0 bridgehead atoms. The van der Waals surface area contributed by atoms with Crippen molar-refractivity contribution in [1.82, 2.24) is 4.90 Å². The summed E-state index contributed by atoms with van der Waals surface area (Å²) in [5.74, 6) is -0.426. The van der Waals surface area contributed by atoms with Gasteiger partial charge in [0.1, 0.15) is 11.0 Å². The van der Waals surface area contributed by atoms with E-state index in [1.54, 1.807) is 27.7 Å². The van der Waals surface area contributed by atoms with Crippen LogP contribution in [-0.2, 0) is 32.4 Å². The fourth-order valence-electron chi connectivity index (χ4n) is 2.30. The van der Waals surface area contributed by atoms with Gasteiger partial charge in [0.2, 0.25) is 6.79 Å². The lowest BCUT2D eigenvalue weighted by atomic mass is 9.82. The molecule has 0 spiro atoms. The Morgan fingerprint density at radius 2 is 1.80 bits per heavy atom. The zero-order valence-electron chi connectivity index (χ0n) is 15.3. The predicted molar refractivity (Wildman–Crippen MR) is 86.6 cm³/mol. The van der Waals surface area contributed by atoms with E-state index in [2.05, 4.69) is 0 Å². The van der Waals surface area contributed by atoms with Crippen LogP contribution in [0.3, 0.4) is 0 Å². The Hall–Kier alpha value is -1.15. The van der Waals surface area contributed by atoms with E-state index < -0.39 is 37.7 Å². The fraction of sp³-hybridized carbons (Fsp3) is 0.867. The van der Waals surface area contributed by atoms with Gasteiger partial charge < -0.3 is 14.4 Å². The first kappa shape index (κ1) is 20.2. The van der Waals surface area contributed by atoms with Gasteiger partial charge in [-0.15, -0.1) is 0 Å². The number of rotatable bonds is 4. The van der Waals surface area contributed by atoms with E-state index in [1.165, 1.54) is 4.90 Å². The molecule has 0 aromatic heterocycles. The van der Waals surface area contributed by atoms with Gasteiger partial charge in [-0.1, -0.05) is 6.92 Å². The molecule has 2 aliphatic rings. The minimum Gasteiger partial charge on any atom is -0.444 e. The zero-order chi connectivity index (χ0) is 18.9. The average Bonchev–Trinajstić information content (AvgIpc) is 2.45. The molecule has 0 aromatic rings. The second-order valence-electron chi connectivity index (χ2n) is 7.72. The quantitative estimate of drug-likeness (QED) is 0.417. The Morgan fingerprint density at radius 1 is 1.24 bits per heavy atom. The molecule has 25 heavy (non-hydrogen) atoms. The summed E-state index contributed by atoms with van der Waals surface area (Å²) < 4.78 is 37.3. The van der Waals surface area contributed by atoms with E-state index in [-0.39, 0.29) is 32.2 Å². The molecule has 2 fully saturated rings. The van der Waals surface area contributed by atoms with Gasteiger partial charge in [-0.25, -0.2) is 13.9 Å². The number of phosphoric ester groups is 1. The molecule has 1 amide bonds. The maximum atomic E-state index is 12.1. The minimum atomic E-state index is -3.66. The SMILES string of the molecule is CC1COP(=O)(OCOC(=O)C2(C)CN(C(=O)OC(C)(C)C)C2)OC1. The Labute approximate surface area is 147 Å². The van der Waals surface area contributed by atoms with E-state index in [1.807, 2.05) is 6.92 Å². The van der Waals surface area contributed by atoms with E-state index in [0.29, 0.717) is 0 Å². The van der Waals surface area contributed by atoms with Gasteiger partial charge in [-0.2, -0.15) is 0 Å². The van der Waals surface area contributed by atoms with Gasteiger partial charge in [-0.3, -0.25) is 13.8 Å². The Balaban J connectivity index is 1.73. The molecular weight excluding hydrogens is 353 g/mol. The van der Waals surface area contributed by atoms with Crippen LogP contribution in [0, 0.1) is 11.3 Å². The number of ether oxygens (including phenoxy) is 2. The summed E-state index contributed by atoms with van der Waals surface area (Å²) in [6.45, 7) is 9.22. The van der Waals surface area contributed by atoms with Crippen molar-refractivity contribution >= 4 is 19.9 Å². The molecule has 0 atom stereocenters.